The maximum atomic E-state index is 12.4. The van der Waals surface area contributed by atoms with E-state index in [4.69, 9.17) is 0 Å². The molecule has 1 aromatic heterocycles. The van der Waals surface area contributed by atoms with E-state index in [-0.39, 0.29) is 5.91 Å². The summed E-state index contributed by atoms with van der Waals surface area (Å²) >= 11 is 4.91. The highest BCUT2D eigenvalue weighted by molar-refractivity contribution is 9.10. The number of aromatic nitrogens is 3. The van der Waals surface area contributed by atoms with Gasteiger partial charge < -0.3 is 9.88 Å². The molecule has 2 aromatic rings. The Bertz CT molecular complexity index is 814. The fourth-order valence-electron chi connectivity index (χ4n) is 3.41. The molecule has 1 heterocycles. The number of carbonyl (C=O) groups excluding carboxylic acids is 1. The van der Waals surface area contributed by atoms with Crippen molar-refractivity contribution in [1.82, 2.24) is 14.8 Å². The lowest BCUT2D eigenvalue weighted by molar-refractivity contribution is -0.113. The number of nitrogens with one attached hydrogen (secondary N) is 1. The van der Waals surface area contributed by atoms with Crippen molar-refractivity contribution in [2.45, 2.75) is 56.6 Å². The van der Waals surface area contributed by atoms with Gasteiger partial charge in [-0.25, -0.2) is 0 Å². The molecule has 7 heteroatoms. The minimum atomic E-state index is -0.0584. The number of anilines is 1. The Kier molecular flexibility index (Phi) is 7.13. The van der Waals surface area contributed by atoms with Crippen LogP contribution in [-0.4, -0.2) is 26.4 Å². The summed E-state index contributed by atoms with van der Waals surface area (Å²) in [7, 11) is 0. The second kappa shape index (κ2) is 9.55. The highest BCUT2D eigenvalue weighted by Crippen LogP contribution is 2.33. The van der Waals surface area contributed by atoms with Gasteiger partial charge in [-0.3, -0.25) is 4.79 Å². The first-order valence-electron chi connectivity index (χ1n) is 9.31. The summed E-state index contributed by atoms with van der Waals surface area (Å²) in [6, 6.07) is 5.87. The molecular formula is C20H25BrN4OS. The molecular weight excluding hydrogens is 424 g/mol. The van der Waals surface area contributed by atoms with Gasteiger partial charge >= 0.3 is 0 Å². The molecule has 1 aliphatic rings. The van der Waals surface area contributed by atoms with Gasteiger partial charge in [-0.05, 0) is 53.4 Å². The SMILES string of the molecule is C=CCn1c(SCC(=O)Nc2ccc(C)cc2Br)nnc1C1CCCCC1. The molecule has 0 unspecified atom stereocenters. The number of hydrogen-bond acceptors (Lipinski definition) is 4. The molecule has 1 aromatic carbocycles. The number of carbonyl (C=O) groups is 1. The van der Waals surface area contributed by atoms with Crippen LogP contribution in [0.25, 0.3) is 0 Å². The van der Waals surface area contributed by atoms with Gasteiger partial charge in [-0.15, -0.1) is 16.8 Å². The van der Waals surface area contributed by atoms with Crippen LogP contribution in [0.1, 0.15) is 49.4 Å². The van der Waals surface area contributed by atoms with E-state index in [0.29, 0.717) is 18.2 Å². The van der Waals surface area contributed by atoms with Crippen LogP contribution in [0.3, 0.4) is 0 Å². The molecule has 144 valence electrons. The molecule has 0 radical (unpaired) electrons. The van der Waals surface area contributed by atoms with Gasteiger partial charge in [0.1, 0.15) is 5.82 Å². The molecule has 1 fully saturated rings. The molecule has 1 amide bonds. The Morgan fingerprint density at radius 1 is 1.37 bits per heavy atom. The maximum absolute atomic E-state index is 12.4. The molecule has 0 atom stereocenters. The number of rotatable bonds is 7. The predicted molar refractivity (Wildman–Crippen MR) is 114 cm³/mol. The summed E-state index contributed by atoms with van der Waals surface area (Å²) in [4.78, 5) is 12.4. The standard InChI is InChI=1S/C20H25BrN4OS/c1-3-11-25-19(15-7-5-4-6-8-15)23-24-20(25)27-13-18(26)22-17-10-9-14(2)12-16(17)21/h3,9-10,12,15H,1,4-8,11,13H2,2H3,(H,22,26). The first-order chi connectivity index (χ1) is 13.1. The molecule has 0 spiro atoms. The van der Waals surface area contributed by atoms with Gasteiger partial charge in [0.25, 0.3) is 0 Å². The van der Waals surface area contributed by atoms with Gasteiger partial charge in [0.2, 0.25) is 5.91 Å². The number of allylic oxidation sites excluding steroid dienone is 1. The average Bonchev–Trinajstić information content (AvgIpc) is 3.06. The molecule has 3 rings (SSSR count). The van der Waals surface area contributed by atoms with E-state index < -0.39 is 0 Å². The van der Waals surface area contributed by atoms with E-state index in [1.54, 1.807) is 0 Å². The van der Waals surface area contributed by atoms with Crippen molar-refractivity contribution < 1.29 is 4.79 Å². The Morgan fingerprint density at radius 2 is 2.15 bits per heavy atom. The molecule has 0 aliphatic heterocycles. The Hall–Kier alpha value is -1.60. The number of amides is 1. The zero-order valence-electron chi connectivity index (χ0n) is 15.6. The van der Waals surface area contributed by atoms with Crippen LogP contribution in [0.15, 0.2) is 40.5 Å². The molecule has 5 nitrogen and oxygen atoms in total. The second-order valence-corrected chi connectivity index (χ2v) is 8.69. The third kappa shape index (κ3) is 5.23. The number of benzene rings is 1. The van der Waals surface area contributed by atoms with Crippen LogP contribution in [0, 0.1) is 6.92 Å². The first-order valence-corrected chi connectivity index (χ1v) is 11.1. The third-order valence-corrected chi connectivity index (χ3v) is 6.38. The van der Waals surface area contributed by atoms with Crippen molar-refractivity contribution in [2.24, 2.45) is 0 Å². The molecule has 1 N–H and O–H groups in total. The molecule has 1 saturated carbocycles. The van der Waals surface area contributed by atoms with Crippen LogP contribution in [0.4, 0.5) is 5.69 Å². The van der Waals surface area contributed by atoms with E-state index in [1.807, 2.05) is 31.2 Å². The second-order valence-electron chi connectivity index (χ2n) is 6.90. The number of halogens is 1. The number of hydrogen-bond donors (Lipinski definition) is 1. The zero-order valence-corrected chi connectivity index (χ0v) is 18.0. The molecule has 0 bridgehead atoms. The maximum Gasteiger partial charge on any atom is 0.234 e. The Labute approximate surface area is 173 Å². The van der Waals surface area contributed by atoms with Crippen LogP contribution >= 0.6 is 27.7 Å². The van der Waals surface area contributed by atoms with Crippen LogP contribution in [-0.2, 0) is 11.3 Å². The Morgan fingerprint density at radius 3 is 2.85 bits per heavy atom. The van der Waals surface area contributed by atoms with E-state index in [2.05, 4.69) is 42.6 Å². The van der Waals surface area contributed by atoms with Gasteiger partial charge in [-0.2, -0.15) is 0 Å². The lowest BCUT2D eigenvalue weighted by Gasteiger charge is -2.21. The summed E-state index contributed by atoms with van der Waals surface area (Å²) in [6.07, 6.45) is 8.01. The molecule has 1 aliphatic carbocycles. The van der Waals surface area contributed by atoms with Crippen LogP contribution in [0.2, 0.25) is 0 Å². The van der Waals surface area contributed by atoms with Crippen molar-refractivity contribution in [3.63, 3.8) is 0 Å². The van der Waals surface area contributed by atoms with Gasteiger partial charge in [-0.1, -0.05) is 43.2 Å². The van der Waals surface area contributed by atoms with Crippen molar-refractivity contribution >= 4 is 39.3 Å². The summed E-state index contributed by atoms with van der Waals surface area (Å²) in [5, 5.41) is 12.5. The summed E-state index contributed by atoms with van der Waals surface area (Å²) in [6.45, 7) is 6.55. The predicted octanol–water partition coefficient (Wildman–Crippen LogP) is 5.31. The fraction of sp³-hybridized carbons (Fsp3) is 0.450. The summed E-state index contributed by atoms with van der Waals surface area (Å²) < 4.78 is 3.00. The summed E-state index contributed by atoms with van der Waals surface area (Å²) in [5.74, 6) is 1.74. The van der Waals surface area contributed by atoms with Crippen molar-refractivity contribution in [3.05, 3.63) is 46.7 Å². The van der Waals surface area contributed by atoms with Crippen molar-refractivity contribution in [3.8, 4) is 0 Å². The lowest BCUT2D eigenvalue weighted by Crippen LogP contribution is -2.16. The third-order valence-electron chi connectivity index (χ3n) is 4.76. The fourth-order valence-corrected chi connectivity index (χ4v) is 4.76. The molecule has 0 saturated heterocycles. The van der Waals surface area contributed by atoms with E-state index in [1.165, 1.54) is 43.9 Å². The monoisotopic (exact) mass is 448 g/mol. The summed E-state index contributed by atoms with van der Waals surface area (Å²) in [5.41, 5.74) is 1.92. The van der Waals surface area contributed by atoms with Gasteiger partial charge in [0, 0.05) is 16.9 Å². The van der Waals surface area contributed by atoms with Gasteiger partial charge in [0.15, 0.2) is 5.16 Å². The van der Waals surface area contributed by atoms with E-state index >= 15 is 0 Å². The molecule has 27 heavy (non-hydrogen) atoms. The van der Waals surface area contributed by atoms with E-state index in [0.717, 1.165) is 26.7 Å². The quantitative estimate of drug-likeness (QED) is 0.460. The topological polar surface area (TPSA) is 59.8 Å². The minimum absolute atomic E-state index is 0.0584. The zero-order chi connectivity index (χ0) is 19.2. The normalized spacial score (nSPS) is 14.9. The smallest absolute Gasteiger partial charge is 0.234 e. The lowest BCUT2D eigenvalue weighted by atomic mass is 9.89. The van der Waals surface area contributed by atoms with Crippen molar-refractivity contribution in [1.29, 1.82) is 0 Å². The number of nitrogens with zero attached hydrogens (tertiary/aromatic N) is 3. The average molecular weight is 449 g/mol. The Balaban J connectivity index is 1.65. The highest BCUT2D eigenvalue weighted by Gasteiger charge is 2.23. The number of thioether (sulfide) groups is 1. The minimum Gasteiger partial charge on any atom is -0.324 e. The number of aryl methyl sites for hydroxylation is 1. The van der Waals surface area contributed by atoms with Crippen LogP contribution in [0.5, 0.6) is 0 Å². The van der Waals surface area contributed by atoms with Crippen LogP contribution < -0.4 is 5.32 Å². The largest absolute Gasteiger partial charge is 0.324 e. The van der Waals surface area contributed by atoms with E-state index in [9.17, 15) is 4.79 Å². The van der Waals surface area contributed by atoms with Crippen molar-refractivity contribution in [2.75, 3.05) is 11.1 Å². The highest BCUT2D eigenvalue weighted by atomic mass is 79.9. The van der Waals surface area contributed by atoms with Gasteiger partial charge in [0.05, 0.1) is 11.4 Å². The first kappa shape index (κ1) is 20.1.